The van der Waals surface area contributed by atoms with Crippen LogP contribution in [0.15, 0.2) is 261 Å². The average molecular weight is 778 g/mol. The normalized spacial score (nSPS) is 11.0. The van der Waals surface area contributed by atoms with Gasteiger partial charge in [-0.1, -0.05) is 224 Å². The Bertz CT molecular complexity index is 2850. The molecule has 0 saturated heterocycles. The second kappa shape index (κ2) is 17.1. The van der Waals surface area contributed by atoms with Gasteiger partial charge in [0.2, 0.25) is 0 Å². The van der Waals surface area contributed by atoms with Crippen molar-refractivity contribution in [2.45, 2.75) is 0 Å². The van der Waals surface area contributed by atoms with Crippen LogP contribution in [0.5, 0.6) is 0 Å². The summed E-state index contributed by atoms with van der Waals surface area (Å²) in [5, 5.41) is 0. The Morgan fingerprint density at radius 1 is 0.164 bits per heavy atom. The third-order valence-corrected chi connectivity index (χ3v) is 11.5. The topological polar surface area (TPSA) is 3.24 Å². The van der Waals surface area contributed by atoms with Crippen molar-refractivity contribution >= 4 is 17.1 Å². The Morgan fingerprint density at radius 3 is 0.721 bits per heavy atom. The molecule has 288 valence electrons. The van der Waals surface area contributed by atoms with Gasteiger partial charge in [-0.05, 0) is 114 Å². The van der Waals surface area contributed by atoms with E-state index < -0.39 is 0 Å². The highest BCUT2D eigenvalue weighted by Gasteiger charge is 2.17. The molecule has 1 nitrogen and oxygen atoms in total. The molecular weight excluding hydrogens is 735 g/mol. The minimum absolute atomic E-state index is 1.09. The second-order valence-electron chi connectivity index (χ2n) is 15.3. The molecule has 0 heterocycles. The highest BCUT2D eigenvalue weighted by molar-refractivity contribution is 5.95. The fourth-order valence-electron chi connectivity index (χ4n) is 8.38. The number of anilines is 3. The van der Waals surface area contributed by atoms with Gasteiger partial charge in [0.05, 0.1) is 0 Å². The van der Waals surface area contributed by atoms with E-state index in [9.17, 15) is 0 Å². The van der Waals surface area contributed by atoms with Crippen LogP contribution < -0.4 is 4.90 Å². The van der Waals surface area contributed by atoms with Gasteiger partial charge in [0.1, 0.15) is 0 Å². The first-order valence-electron chi connectivity index (χ1n) is 20.9. The summed E-state index contributed by atoms with van der Waals surface area (Å²) in [6, 6.07) is 93.8. The van der Waals surface area contributed by atoms with Gasteiger partial charge < -0.3 is 4.90 Å². The van der Waals surface area contributed by atoms with E-state index in [0.29, 0.717) is 0 Å². The first-order chi connectivity index (χ1) is 30.2. The SMILES string of the molecule is c1ccc(-c2ccc(-c3ccc(N(c4ccc(-c5ccc(-c6ccccc6)cc5)cc4)c4ccc(-c5cccc(-c6ccccc6)c5-c5ccccc5)cc4)cc3)cc2)cc1. The Hall–Kier alpha value is -8.00. The number of benzene rings is 10. The minimum Gasteiger partial charge on any atom is -0.311 e. The van der Waals surface area contributed by atoms with Crippen LogP contribution in [0.4, 0.5) is 17.1 Å². The molecule has 0 aromatic heterocycles. The van der Waals surface area contributed by atoms with E-state index in [1.165, 1.54) is 77.9 Å². The Morgan fingerprint density at radius 2 is 0.393 bits per heavy atom. The zero-order valence-corrected chi connectivity index (χ0v) is 33.8. The predicted molar refractivity (Wildman–Crippen MR) is 259 cm³/mol. The van der Waals surface area contributed by atoms with Crippen LogP contribution in [0.25, 0.3) is 77.9 Å². The zero-order chi connectivity index (χ0) is 40.8. The van der Waals surface area contributed by atoms with Gasteiger partial charge in [0, 0.05) is 17.1 Å². The molecule has 0 amide bonds. The third-order valence-electron chi connectivity index (χ3n) is 11.5. The Labute approximate surface area is 359 Å². The zero-order valence-electron chi connectivity index (χ0n) is 33.8. The molecule has 0 radical (unpaired) electrons. The number of rotatable bonds is 10. The Balaban J connectivity index is 1.01. The standard InChI is InChI=1S/C60H43N/c1-5-14-44(15-6-1)46-24-28-48(29-25-46)50-32-38-55(39-33-50)61(56-40-34-51(35-41-56)49-30-26-47(27-31-49)45-16-7-2-8-17-45)57-42-36-53(37-43-57)59-23-13-22-58(52-18-9-3-10-19-52)60(59)54-20-11-4-12-21-54/h1-43H. The lowest BCUT2D eigenvalue weighted by atomic mass is 9.87. The first-order valence-corrected chi connectivity index (χ1v) is 20.9. The van der Waals surface area contributed by atoms with E-state index in [1.807, 2.05) is 0 Å². The fraction of sp³-hybridized carbons (Fsp3) is 0. The third kappa shape index (κ3) is 7.93. The van der Waals surface area contributed by atoms with Crippen molar-refractivity contribution in [3.05, 3.63) is 261 Å². The summed E-state index contributed by atoms with van der Waals surface area (Å²) in [6.45, 7) is 0. The van der Waals surface area contributed by atoms with Crippen LogP contribution >= 0.6 is 0 Å². The van der Waals surface area contributed by atoms with E-state index in [2.05, 4.69) is 266 Å². The number of hydrogen-bond acceptors (Lipinski definition) is 1. The van der Waals surface area contributed by atoms with E-state index in [0.717, 1.165) is 17.1 Å². The molecule has 0 fully saturated rings. The summed E-state index contributed by atoms with van der Waals surface area (Å²) in [6.07, 6.45) is 0. The molecule has 0 aliphatic carbocycles. The monoisotopic (exact) mass is 777 g/mol. The van der Waals surface area contributed by atoms with Crippen molar-refractivity contribution in [1.29, 1.82) is 0 Å². The van der Waals surface area contributed by atoms with Crippen LogP contribution in [0.2, 0.25) is 0 Å². The van der Waals surface area contributed by atoms with E-state index >= 15 is 0 Å². The van der Waals surface area contributed by atoms with Gasteiger partial charge in [-0.2, -0.15) is 0 Å². The largest absolute Gasteiger partial charge is 0.311 e. The molecule has 0 saturated carbocycles. The molecule has 0 bridgehead atoms. The first kappa shape index (κ1) is 37.3. The van der Waals surface area contributed by atoms with E-state index in [4.69, 9.17) is 0 Å². The van der Waals surface area contributed by atoms with Crippen molar-refractivity contribution in [2.24, 2.45) is 0 Å². The van der Waals surface area contributed by atoms with Gasteiger partial charge in [0.15, 0.2) is 0 Å². The molecule has 10 rings (SSSR count). The molecule has 0 atom stereocenters. The number of nitrogens with zero attached hydrogens (tertiary/aromatic N) is 1. The molecule has 1 heteroatoms. The van der Waals surface area contributed by atoms with Crippen LogP contribution in [-0.2, 0) is 0 Å². The molecule has 10 aromatic rings. The van der Waals surface area contributed by atoms with Gasteiger partial charge in [-0.15, -0.1) is 0 Å². The summed E-state index contributed by atoms with van der Waals surface area (Å²) >= 11 is 0. The maximum Gasteiger partial charge on any atom is 0.0462 e. The molecule has 0 N–H and O–H groups in total. The Kier molecular flexibility index (Phi) is 10.4. The maximum absolute atomic E-state index is 2.35. The molecular formula is C60H43N. The van der Waals surface area contributed by atoms with Crippen LogP contribution in [0.3, 0.4) is 0 Å². The summed E-state index contributed by atoms with van der Waals surface area (Å²) in [7, 11) is 0. The van der Waals surface area contributed by atoms with Gasteiger partial charge >= 0.3 is 0 Å². The number of hydrogen-bond donors (Lipinski definition) is 0. The highest BCUT2D eigenvalue weighted by atomic mass is 15.1. The molecule has 10 aromatic carbocycles. The summed E-state index contributed by atoms with van der Waals surface area (Å²) in [4.78, 5) is 2.35. The summed E-state index contributed by atoms with van der Waals surface area (Å²) in [5.41, 5.74) is 20.1. The average Bonchev–Trinajstić information content (AvgIpc) is 3.36. The molecule has 0 unspecified atom stereocenters. The van der Waals surface area contributed by atoms with Crippen LogP contribution in [0.1, 0.15) is 0 Å². The second-order valence-corrected chi connectivity index (χ2v) is 15.3. The van der Waals surface area contributed by atoms with Gasteiger partial charge in [-0.3, -0.25) is 0 Å². The quantitative estimate of drug-likeness (QED) is 0.134. The van der Waals surface area contributed by atoms with Crippen molar-refractivity contribution in [2.75, 3.05) is 4.90 Å². The molecule has 61 heavy (non-hydrogen) atoms. The van der Waals surface area contributed by atoms with Crippen LogP contribution in [0, 0.1) is 0 Å². The van der Waals surface area contributed by atoms with Gasteiger partial charge in [0.25, 0.3) is 0 Å². The van der Waals surface area contributed by atoms with Gasteiger partial charge in [-0.25, -0.2) is 0 Å². The highest BCUT2D eigenvalue weighted by Crippen LogP contribution is 2.42. The lowest BCUT2D eigenvalue weighted by Gasteiger charge is -2.26. The van der Waals surface area contributed by atoms with E-state index in [1.54, 1.807) is 0 Å². The smallest absolute Gasteiger partial charge is 0.0462 e. The summed E-state index contributed by atoms with van der Waals surface area (Å²) < 4.78 is 0. The lowest BCUT2D eigenvalue weighted by molar-refractivity contribution is 1.28. The lowest BCUT2D eigenvalue weighted by Crippen LogP contribution is -2.09. The predicted octanol–water partition coefficient (Wildman–Crippen LogP) is 16.8. The van der Waals surface area contributed by atoms with Crippen molar-refractivity contribution in [3.63, 3.8) is 0 Å². The van der Waals surface area contributed by atoms with Crippen molar-refractivity contribution in [1.82, 2.24) is 0 Å². The maximum atomic E-state index is 2.35. The molecule has 0 aliphatic heterocycles. The summed E-state index contributed by atoms with van der Waals surface area (Å²) in [5.74, 6) is 0. The van der Waals surface area contributed by atoms with E-state index in [-0.39, 0.29) is 0 Å². The minimum atomic E-state index is 1.09. The molecule has 0 spiro atoms. The molecule has 0 aliphatic rings. The van der Waals surface area contributed by atoms with Crippen LogP contribution in [-0.4, -0.2) is 0 Å². The van der Waals surface area contributed by atoms with Crippen molar-refractivity contribution in [3.8, 4) is 77.9 Å². The van der Waals surface area contributed by atoms with Crippen molar-refractivity contribution < 1.29 is 0 Å². The fourth-order valence-corrected chi connectivity index (χ4v) is 8.38.